The third kappa shape index (κ3) is 5.24. The number of aliphatic imine (C=N–C) groups is 1. The molecule has 1 N–H and O–H groups in total. The van der Waals surface area contributed by atoms with Gasteiger partial charge >= 0.3 is 0 Å². The average Bonchev–Trinajstić information content (AvgIpc) is 2.65. The summed E-state index contributed by atoms with van der Waals surface area (Å²) in [6.45, 7) is 9.06. The maximum atomic E-state index is 4.66. The first-order valence-electron chi connectivity index (χ1n) is 6.59. The first-order chi connectivity index (χ1) is 7.61. The fourth-order valence-corrected chi connectivity index (χ4v) is 2.99. The number of amidine groups is 1. The maximum Gasteiger partial charge on any atom is 0.157 e. The molecule has 0 radical (unpaired) electrons. The SMILES string of the molecule is CCC1CSC(NC(C)CCCC(C)C)=N1. The Hall–Kier alpha value is -0.180. The molecule has 0 aliphatic carbocycles. The lowest BCUT2D eigenvalue weighted by Gasteiger charge is -2.14. The number of nitrogens with one attached hydrogen (secondary N) is 1. The van der Waals surface area contributed by atoms with E-state index in [-0.39, 0.29) is 0 Å². The summed E-state index contributed by atoms with van der Waals surface area (Å²) in [4.78, 5) is 4.66. The Morgan fingerprint density at radius 3 is 2.69 bits per heavy atom. The van der Waals surface area contributed by atoms with Crippen LogP contribution in [-0.2, 0) is 0 Å². The second kappa shape index (κ2) is 7.21. The number of nitrogens with zero attached hydrogens (tertiary/aromatic N) is 1. The molecular formula is C13H26N2S. The molecular weight excluding hydrogens is 216 g/mol. The van der Waals surface area contributed by atoms with Gasteiger partial charge in [-0.3, -0.25) is 4.99 Å². The molecule has 0 aromatic rings. The molecule has 1 aliphatic heterocycles. The second-order valence-electron chi connectivity index (χ2n) is 5.18. The van der Waals surface area contributed by atoms with Crippen LogP contribution in [0.15, 0.2) is 4.99 Å². The van der Waals surface area contributed by atoms with Crippen LogP contribution < -0.4 is 5.32 Å². The topological polar surface area (TPSA) is 24.4 Å². The van der Waals surface area contributed by atoms with Crippen molar-refractivity contribution >= 4 is 16.9 Å². The Bertz CT molecular complexity index is 226. The van der Waals surface area contributed by atoms with Gasteiger partial charge in [-0.1, -0.05) is 45.4 Å². The van der Waals surface area contributed by atoms with Crippen LogP contribution >= 0.6 is 11.8 Å². The van der Waals surface area contributed by atoms with Gasteiger partial charge < -0.3 is 5.32 Å². The molecule has 16 heavy (non-hydrogen) atoms. The highest BCUT2D eigenvalue weighted by Gasteiger charge is 2.17. The van der Waals surface area contributed by atoms with Crippen LogP contribution in [0.1, 0.15) is 53.4 Å². The normalized spacial score (nSPS) is 22.3. The van der Waals surface area contributed by atoms with Crippen LogP contribution in [0.2, 0.25) is 0 Å². The summed E-state index contributed by atoms with van der Waals surface area (Å²) in [7, 11) is 0. The van der Waals surface area contributed by atoms with Gasteiger partial charge in [-0.15, -0.1) is 0 Å². The van der Waals surface area contributed by atoms with Gasteiger partial charge in [-0.2, -0.15) is 0 Å². The van der Waals surface area contributed by atoms with E-state index in [4.69, 9.17) is 0 Å². The van der Waals surface area contributed by atoms with Crippen LogP contribution in [0.4, 0.5) is 0 Å². The lowest BCUT2D eigenvalue weighted by Crippen LogP contribution is -2.29. The molecule has 1 rings (SSSR count). The summed E-state index contributed by atoms with van der Waals surface area (Å²) in [5.41, 5.74) is 0. The molecule has 0 amide bonds. The average molecular weight is 242 g/mol. The van der Waals surface area contributed by atoms with Crippen molar-refractivity contribution in [3.63, 3.8) is 0 Å². The molecule has 0 saturated carbocycles. The molecule has 2 unspecified atom stereocenters. The van der Waals surface area contributed by atoms with Crippen molar-refractivity contribution in [1.29, 1.82) is 0 Å². The number of hydrogen-bond donors (Lipinski definition) is 1. The fraction of sp³-hybridized carbons (Fsp3) is 0.923. The van der Waals surface area contributed by atoms with Crippen LogP contribution in [-0.4, -0.2) is 23.0 Å². The van der Waals surface area contributed by atoms with E-state index in [1.54, 1.807) is 0 Å². The number of rotatable bonds is 6. The molecule has 0 spiro atoms. The minimum Gasteiger partial charge on any atom is -0.362 e. The van der Waals surface area contributed by atoms with Crippen molar-refractivity contribution in [3.05, 3.63) is 0 Å². The zero-order valence-corrected chi connectivity index (χ0v) is 11.9. The lowest BCUT2D eigenvalue weighted by molar-refractivity contribution is 0.495. The highest BCUT2D eigenvalue weighted by Crippen LogP contribution is 2.19. The molecule has 0 aromatic heterocycles. The van der Waals surface area contributed by atoms with Gasteiger partial charge in [-0.25, -0.2) is 0 Å². The van der Waals surface area contributed by atoms with Crippen molar-refractivity contribution in [1.82, 2.24) is 5.32 Å². The minimum absolute atomic E-state index is 0.551. The summed E-state index contributed by atoms with van der Waals surface area (Å²) >= 11 is 1.88. The third-order valence-electron chi connectivity index (χ3n) is 2.97. The van der Waals surface area contributed by atoms with E-state index >= 15 is 0 Å². The number of thioether (sulfide) groups is 1. The van der Waals surface area contributed by atoms with E-state index in [2.05, 4.69) is 38.0 Å². The van der Waals surface area contributed by atoms with Crippen LogP contribution in [0, 0.1) is 5.92 Å². The third-order valence-corrected chi connectivity index (χ3v) is 4.02. The molecule has 0 saturated heterocycles. The maximum absolute atomic E-state index is 4.66. The lowest BCUT2D eigenvalue weighted by atomic mass is 10.0. The van der Waals surface area contributed by atoms with Gasteiger partial charge in [0.25, 0.3) is 0 Å². The first-order valence-corrected chi connectivity index (χ1v) is 7.57. The van der Waals surface area contributed by atoms with Crippen molar-refractivity contribution in [2.45, 2.75) is 65.5 Å². The molecule has 0 fully saturated rings. The molecule has 0 aromatic carbocycles. The second-order valence-corrected chi connectivity index (χ2v) is 6.19. The zero-order valence-electron chi connectivity index (χ0n) is 11.1. The van der Waals surface area contributed by atoms with E-state index in [0.29, 0.717) is 12.1 Å². The highest BCUT2D eigenvalue weighted by atomic mass is 32.2. The van der Waals surface area contributed by atoms with Gasteiger partial charge in [0.15, 0.2) is 5.17 Å². The summed E-state index contributed by atoms with van der Waals surface area (Å²) in [6.07, 6.45) is 5.08. The van der Waals surface area contributed by atoms with Crippen LogP contribution in [0.3, 0.4) is 0 Å². The number of hydrogen-bond acceptors (Lipinski definition) is 3. The van der Waals surface area contributed by atoms with Crippen LogP contribution in [0.25, 0.3) is 0 Å². The van der Waals surface area contributed by atoms with Gasteiger partial charge in [0.05, 0.1) is 6.04 Å². The predicted molar refractivity (Wildman–Crippen MR) is 75.3 cm³/mol. The Morgan fingerprint density at radius 2 is 2.12 bits per heavy atom. The predicted octanol–water partition coefficient (Wildman–Crippen LogP) is 3.67. The monoisotopic (exact) mass is 242 g/mol. The molecule has 2 atom stereocenters. The smallest absolute Gasteiger partial charge is 0.157 e. The Labute approximate surface area is 105 Å². The van der Waals surface area contributed by atoms with Gasteiger partial charge in [0, 0.05) is 11.8 Å². The van der Waals surface area contributed by atoms with Gasteiger partial charge in [0.2, 0.25) is 0 Å². The standard InChI is InChI=1S/C13H26N2S/c1-5-12-9-16-13(15-12)14-11(4)8-6-7-10(2)3/h10-12H,5-9H2,1-4H3,(H,14,15). The van der Waals surface area contributed by atoms with Crippen molar-refractivity contribution in [2.75, 3.05) is 5.75 Å². The summed E-state index contributed by atoms with van der Waals surface area (Å²) < 4.78 is 0. The van der Waals surface area contributed by atoms with Gasteiger partial charge in [-0.05, 0) is 25.7 Å². The van der Waals surface area contributed by atoms with E-state index in [1.165, 1.54) is 30.9 Å². The Kier molecular flexibility index (Phi) is 6.25. The molecule has 0 bridgehead atoms. The zero-order chi connectivity index (χ0) is 12.0. The highest BCUT2D eigenvalue weighted by molar-refractivity contribution is 8.14. The summed E-state index contributed by atoms with van der Waals surface area (Å²) in [5, 5.41) is 4.70. The van der Waals surface area contributed by atoms with Crippen molar-refractivity contribution in [2.24, 2.45) is 10.9 Å². The molecule has 94 valence electrons. The summed E-state index contributed by atoms with van der Waals surface area (Å²) in [5.74, 6) is 1.99. The summed E-state index contributed by atoms with van der Waals surface area (Å²) in [6, 6.07) is 1.12. The molecule has 2 nitrogen and oxygen atoms in total. The van der Waals surface area contributed by atoms with Crippen LogP contribution in [0.5, 0.6) is 0 Å². The minimum atomic E-state index is 0.551. The van der Waals surface area contributed by atoms with E-state index < -0.39 is 0 Å². The quantitative estimate of drug-likeness (QED) is 0.768. The largest absolute Gasteiger partial charge is 0.362 e. The van der Waals surface area contributed by atoms with Gasteiger partial charge in [0.1, 0.15) is 0 Å². The molecule has 1 heterocycles. The van der Waals surface area contributed by atoms with E-state index in [1.807, 2.05) is 11.8 Å². The molecule has 3 heteroatoms. The Balaban J connectivity index is 2.16. The van der Waals surface area contributed by atoms with E-state index in [9.17, 15) is 0 Å². The Morgan fingerprint density at radius 1 is 1.38 bits per heavy atom. The van der Waals surface area contributed by atoms with E-state index in [0.717, 1.165) is 11.7 Å². The first kappa shape index (κ1) is 13.9. The molecule has 1 aliphatic rings. The van der Waals surface area contributed by atoms with Crippen molar-refractivity contribution in [3.8, 4) is 0 Å². The fourth-order valence-electron chi connectivity index (χ4n) is 1.82. The van der Waals surface area contributed by atoms with Crippen molar-refractivity contribution < 1.29 is 0 Å².